The van der Waals surface area contributed by atoms with Crippen molar-refractivity contribution in [2.75, 3.05) is 13.7 Å². The fraction of sp³-hybridized carbons (Fsp3) is 1.00. The van der Waals surface area contributed by atoms with Crippen molar-refractivity contribution in [3.8, 4) is 0 Å². The van der Waals surface area contributed by atoms with Crippen LogP contribution in [0.25, 0.3) is 0 Å². The minimum absolute atomic E-state index is 0.412. The molecule has 3 nitrogen and oxygen atoms in total. The number of hydrogen-bond acceptors (Lipinski definition) is 3. The van der Waals surface area contributed by atoms with Gasteiger partial charge in [-0.05, 0) is 131 Å². The van der Waals surface area contributed by atoms with E-state index in [1.54, 1.807) is 7.11 Å². The van der Waals surface area contributed by atoms with Crippen molar-refractivity contribution in [3.63, 3.8) is 0 Å². The molecule has 0 aromatic carbocycles. The van der Waals surface area contributed by atoms with Gasteiger partial charge in [-0.15, -0.1) is 0 Å². The molecule has 0 aromatic rings. The van der Waals surface area contributed by atoms with Gasteiger partial charge in [-0.2, -0.15) is 0 Å². The van der Waals surface area contributed by atoms with Crippen LogP contribution in [0, 0.1) is 46.3 Å². The van der Waals surface area contributed by atoms with Crippen molar-refractivity contribution in [2.24, 2.45) is 46.3 Å². The smallest absolute Gasteiger partial charge is 0.0883 e. The highest BCUT2D eigenvalue weighted by atomic mass is 16.5. The zero-order chi connectivity index (χ0) is 22.7. The monoisotopic (exact) mass is 434 g/mol. The molecular weight excluding hydrogens is 384 g/mol. The summed E-state index contributed by atoms with van der Waals surface area (Å²) in [4.78, 5) is 0. The van der Waals surface area contributed by atoms with E-state index in [1.807, 2.05) is 13.8 Å². The van der Waals surface area contributed by atoms with Gasteiger partial charge >= 0.3 is 0 Å². The Labute approximate surface area is 191 Å². The summed E-state index contributed by atoms with van der Waals surface area (Å²) < 4.78 is 5.38. The van der Waals surface area contributed by atoms with Crippen molar-refractivity contribution < 1.29 is 14.9 Å². The second-order valence-corrected chi connectivity index (χ2v) is 13.6. The summed E-state index contributed by atoms with van der Waals surface area (Å²) >= 11 is 0. The van der Waals surface area contributed by atoms with Crippen LogP contribution in [-0.4, -0.2) is 35.1 Å². The summed E-state index contributed by atoms with van der Waals surface area (Å²) in [5.41, 5.74) is -0.226. The molecule has 3 heteroatoms. The normalized spacial score (nSPS) is 48.6. The molecule has 31 heavy (non-hydrogen) atoms. The molecular formula is C28H50O3. The molecule has 180 valence electrons. The number of rotatable bonds is 6. The first-order chi connectivity index (χ1) is 14.4. The van der Waals surface area contributed by atoms with Crippen LogP contribution >= 0.6 is 0 Å². The largest absolute Gasteiger partial charge is 0.390 e. The van der Waals surface area contributed by atoms with Crippen LogP contribution in [0.2, 0.25) is 0 Å². The Morgan fingerprint density at radius 1 is 0.968 bits per heavy atom. The van der Waals surface area contributed by atoms with Crippen molar-refractivity contribution in [2.45, 2.75) is 116 Å². The number of ether oxygens (including phenoxy) is 1. The maximum atomic E-state index is 11.1. The van der Waals surface area contributed by atoms with Crippen LogP contribution in [0.3, 0.4) is 0 Å². The Morgan fingerprint density at radius 2 is 1.68 bits per heavy atom. The maximum Gasteiger partial charge on any atom is 0.0883 e. The zero-order valence-electron chi connectivity index (χ0n) is 21.3. The minimum Gasteiger partial charge on any atom is -0.390 e. The molecule has 3 unspecified atom stereocenters. The highest BCUT2D eigenvalue weighted by Crippen LogP contribution is 2.68. The lowest BCUT2D eigenvalue weighted by Gasteiger charge is -2.62. The van der Waals surface area contributed by atoms with Gasteiger partial charge in [0.15, 0.2) is 0 Å². The minimum atomic E-state index is -0.594. The third-order valence-electron chi connectivity index (χ3n) is 11.2. The lowest BCUT2D eigenvalue weighted by molar-refractivity contribution is -0.163. The molecule has 9 atom stereocenters. The molecule has 4 rings (SSSR count). The van der Waals surface area contributed by atoms with E-state index in [-0.39, 0.29) is 0 Å². The summed E-state index contributed by atoms with van der Waals surface area (Å²) in [6, 6.07) is 0. The standard InChI is InChI=1S/C28H50O3/c1-19(11-13-25(2,3)29)22-9-10-23-21-8-7-20-17-28(30,18-31-6)16-15-26(20,4)24(21)12-14-27(22,23)5/h19-24,29-30H,7-18H2,1-6H3/t19-,20+,21?,22-,23?,24?,26+,27-,28+/m1/s1. The summed E-state index contributed by atoms with van der Waals surface area (Å²) in [6.07, 6.45) is 13.4. The Bertz CT molecular complexity index is 641. The molecule has 0 spiro atoms. The Morgan fingerprint density at radius 3 is 2.35 bits per heavy atom. The van der Waals surface area contributed by atoms with Crippen molar-refractivity contribution in [1.82, 2.24) is 0 Å². The van der Waals surface area contributed by atoms with Gasteiger partial charge in [0.05, 0.1) is 17.8 Å². The van der Waals surface area contributed by atoms with E-state index in [1.165, 1.54) is 44.9 Å². The Kier molecular flexibility index (Phi) is 6.41. The quantitative estimate of drug-likeness (QED) is 0.522. The van der Waals surface area contributed by atoms with Gasteiger partial charge in [-0.3, -0.25) is 0 Å². The van der Waals surface area contributed by atoms with Gasteiger partial charge < -0.3 is 14.9 Å². The SMILES string of the molecule is COC[C@]1(O)CC[C@]2(C)C3CC[C@@]4(C)C(CC[C@@H]4[C@H](C)CCC(C)(C)O)C3CC[C@H]2C1. The highest BCUT2D eigenvalue weighted by Gasteiger charge is 2.61. The molecule has 0 radical (unpaired) electrons. The van der Waals surface area contributed by atoms with Crippen molar-refractivity contribution >= 4 is 0 Å². The van der Waals surface area contributed by atoms with Crippen LogP contribution in [0.5, 0.6) is 0 Å². The van der Waals surface area contributed by atoms with E-state index in [4.69, 9.17) is 4.74 Å². The first-order valence-electron chi connectivity index (χ1n) is 13.4. The number of methoxy groups -OCH3 is 1. The predicted molar refractivity (Wildman–Crippen MR) is 127 cm³/mol. The third kappa shape index (κ3) is 4.26. The van der Waals surface area contributed by atoms with E-state index in [0.717, 1.165) is 49.4 Å². The van der Waals surface area contributed by atoms with E-state index in [9.17, 15) is 10.2 Å². The number of hydrogen-bond donors (Lipinski definition) is 2. The molecule has 2 N–H and O–H groups in total. The predicted octanol–water partition coefficient (Wildman–Crippen LogP) is 6.21. The van der Waals surface area contributed by atoms with Gasteiger partial charge in [-0.25, -0.2) is 0 Å². The highest BCUT2D eigenvalue weighted by molar-refractivity contribution is 5.11. The average Bonchev–Trinajstić information content (AvgIpc) is 3.04. The summed E-state index contributed by atoms with van der Waals surface area (Å²) in [5, 5.41) is 21.3. The topological polar surface area (TPSA) is 49.7 Å². The Hall–Kier alpha value is -0.120. The molecule has 0 aliphatic heterocycles. The number of fused-ring (bicyclic) bond motifs is 5. The number of aliphatic hydroxyl groups is 2. The van der Waals surface area contributed by atoms with Crippen LogP contribution < -0.4 is 0 Å². The first-order valence-corrected chi connectivity index (χ1v) is 13.4. The van der Waals surface area contributed by atoms with Gasteiger partial charge in [0, 0.05) is 7.11 Å². The van der Waals surface area contributed by atoms with Crippen LogP contribution in [0.1, 0.15) is 105 Å². The van der Waals surface area contributed by atoms with E-state index in [2.05, 4.69) is 20.8 Å². The summed E-state index contributed by atoms with van der Waals surface area (Å²) in [5.74, 6) is 4.82. The van der Waals surface area contributed by atoms with E-state index < -0.39 is 11.2 Å². The molecule has 4 aliphatic carbocycles. The molecule has 0 heterocycles. The Balaban J connectivity index is 1.47. The fourth-order valence-electron chi connectivity index (χ4n) is 9.48. The lowest BCUT2D eigenvalue weighted by atomic mass is 9.43. The second kappa shape index (κ2) is 8.27. The second-order valence-electron chi connectivity index (χ2n) is 13.6. The molecule has 0 aromatic heterocycles. The molecule has 0 amide bonds. The van der Waals surface area contributed by atoms with E-state index in [0.29, 0.717) is 29.3 Å². The molecule has 0 bridgehead atoms. The van der Waals surface area contributed by atoms with Crippen LogP contribution in [0.4, 0.5) is 0 Å². The van der Waals surface area contributed by atoms with E-state index >= 15 is 0 Å². The van der Waals surface area contributed by atoms with Crippen LogP contribution in [0.15, 0.2) is 0 Å². The maximum absolute atomic E-state index is 11.1. The van der Waals surface area contributed by atoms with Gasteiger partial charge in [-0.1, -0.05) is 20.8 Å². The molecule has 0 saturated heterocycles. The third-order valence-corrected chi connectivity index (χ3v) is 11.2. The molecule has 4 aliphatic rings. The zero-order valence-corrected chi connectivity index (χ0v) is 21.3. The average molecular weight is 435 g/mol. The van der Waals surface area contributed by atoms with Gasteiger partial charge in [0.25, 0.3) is 0 Å². The lowest BCUT2D eigenvalue weighted by Crippen LogP contribution is -2.56. The fourth-order valence-corrected chi connectivity index (χ4v) is 9.48. The van der Waals surface area contributed by atoms with Gasteiger partial charge in [0.2, 0.25) is 0 Å². The van der Waals surface area contributed by atoms with Crippen molar-refractivity contribution in [3.05, 3.63) is 0 Å². The molecule has 4 fully saturated rings. The van der Waals surface area contributed by atoms with Crippen molar-refractivity contribution in [1.29, 1.82) is 0 Å². The first kappa shape index (κ1) is 24.0. The summed E-state index contributed by atoms with van der Waals surface area (Å²) in [6.45, 7) is 12.1. The molecule has 4 saturated carbocycles. The van der Waals surface area contributed by atoms with Gasteiger partial charge in [0.1, 0.15) is 0 Å². The van der Waals surface area contributed by atoms with Crippen LogP contribution in [-0.2, 0) is 4.74 Å². The summed E-state index contributed by atoms with van der Waals surface area (Å²) in [7, 11) is 1.73.